The van der Waals surface area contributed by atoms with Crippen LogP contribution in [0.2, 0.25) is 0 Å². The first-order chi connectivity index (χ1) is 2.83. The Balaban J connectivity index is 0. The number of rotatable bonds is 0. The summed E-state index contributed by atoms with van der Waals surface area (Å²) in [7, 11) is 0. The van der Waals surface area contributed by atoms with E-state index in [2.05, 4.69) is 18.2 Å². The average molecular weight is 109 g/mol. The van der Waals surface area contributed by atoms with Crippen molar-refractivity contribution in [3.05, 3.63) is 12.7 Å². The molecule has 0 spiro atoms. The van der Waals surface area contributed by atoms with Gasteiger partial charge >= 0.3 is 0 Å². The molecule has 1 nitrogen and oxygen atoms in total. The number of allylic oxidation sites excluding steroid dienone is 1. The zero-order valence-electron chi connectivity index (χ0n) is 3.82. The van der Waals surface area contributed by atoms with Crippen molar-refractivity contribution < 1.29 is 5.11 Å². The molecule has 6 heavy (non-hydrogen) atoms. The van der Waals surface area contributed by atoms with Crippen LogP contribution in [0.4, 0.5) is 0 Å². The van der Waals surface area contributed by atoms with Crippen molar-refractivity contribution in [1.29, 1.82) is 0 Å². The maximum Gasteiger partial charge on any atom is 0.117 e. The first-order valence-electron chi connectivity index (χ1n) is 1.57. The zero-order valence-corrected chi connectivity index (χ0v) is 4.57. The second-order valence-corrected chi connectivity index (χ2v) is 0.767. The molecule has 0 rings (SSSR count). The van der Waals surface area contributed by atoms with E-state index in [1.54, 1.807) is 6.08 Å². The minimum Gasteiger partial charge on any atom is -0.381 e. The van der Waals surface area contributed by atoms with E-state index in [9.17, 15) is 0 Å². The third kappa shape index (κ3) is 357000. The quantitative estimate of drug-likeness (QED) is 0.367. The normalized spacial score (nSPS) is 5.17. The van der Waals surface area contributed by atoms with Crippen LogP contribution in [0.3, 0.4) is 0 Å². The van der Waals surface area contributed by atoms with Crippen LogP contribution in [-0.4, -0.2) is 11.2 Å². The fourth-order valence-electron chi connectivity index (χ4n) is 0. The SMILES string of the molecule is C=CC.OCCl. The molecule has 0 saturated carbocycles. The summed E-state index contributed by atoms with van der Waals surface area (Å²) in [6.45, 7) is 5.25. The van der Waals surface area contributed by atoms with Gasteiger partial charge in [0, 0.05) is 0 Å². The number of hydrogen-bond acceptors (Lipinski definition) is 1. The maximum atomic E-state index is 7.33. The summed E-state index contributed by atoms with van der Waals surface area (Å²) in [5.41, 5.74) is 0. The molecule has 0 heterocycles. The monoisotopic (exact) mass is 108 g/mol. The van der Waals surface area contributed by atoms with Crippen molar-refractivity contribution >= 4 is 11.6 Å². The van der Waals surface area contributed by atoms with Gasteiger partial charge in [0.25, 0.3) is 0 Å². The van der Waals surface area contributed by atoms with Crippen molar-refractivity contribution in [3.63, 3.8) is 0 Å². The van der Waals surface area contributed by atoms with Crippen molar-refractivity contribution in [2.24, 2.45) is 0 Å². The molecule has 0 fully saturated rings. The summed E-state index contributed by atoms with van der Waals surface area (Å²) in [4.78, 5) is 0. The van der Waals surface area contributed by atoms with Crippen LogP contribution >= 0.6 is 11.6 Å². The van der Waals surface area contributed by atoms with Gasteiger partial charge in [-0.25, -0.2) is 0 Å². The molecule has 0 aliphatic heterocycles. The molecule has 0 bridgehead atoms. The summed E-state index contributed by atoms with van der Waals surface area (Å²) >= 11 is 4.55. The fourth-order valence-corrected chi connectivity index (χ4v) is 0. The van der Waals surface area contributed by atoms with E-state index in [1.165, 1.54) is 0 Å². The molecule has 0 unspecified atom stereocenters. The molecular formula is C4H9ClO. The van der Waals surface area contributed by atoms with Gasteiger partial charge in [-0.2, -0.15) is 0 Å². The van der Waals surface area contributed by atoms with Gasteiger partial charge in [0.05, 0.1) is 0 Å². The lowest BCUT2D eigenvalue weighted by atomic mass is 10.8. The lowest BCUT2D eigenvalue weighted by molar-refractivity contribution is 0.370. The molecule has 0 aromatic carbocycles. The molecule has 2 heteroatoms. The average Bonchev–Trinajstić information content (AvgIpc) is 1.39. The highest BCUT2D eigenvalue weighted by atomic mass is 35.5. The van der Waals surface area contributed by atoms with Crippen molar-refractivity contribution in [2.75, 3.05) is 6.07 Å². The van der Waals surface area contributed by atoms with Crippen LogP contribution in [0.15, 0.2) is 12.7 Å². The summed E-state index contributed by atoms with van der Waals surface area (Å²) < 4.78 is 0. The smallest absolute Gasteiger partial charge is 0.117 e. The highest BCUT2D eigenvalue weighted by molar-refractivity contribution is 6.16. The summed E-state index contributed by atoms with van der Waals surface area (Å²) in [6.07, 6.45) is 1.75. The lowest BCUT2D eigenvalue weighted by Gasteiger charge is -1.49. The molecular weight excluding hydrogens is 99.5 g/mol. The lowest BCUT2D eigenvalue weighted by Crippen LogP contribution is -1.49. The molecule has 0 aliphatic carbocycles. The van der Waals surface area contributed by atoms with Gasteiger partial charge < -0.3 is 5.11 Å². The highest BCUT2D eigenvalue weighted by Gasteiger charge is 1.37. The van der Waals surface area contributed by atoms with E-state index in [1.807, 2.05) is 6.92 Å². The van der Waals surface area contributed by atoms with Gasteiger partial charge in [0.15, 0.2) is 0 Å². The predicted molar refractivity (Wildman–Crippen MR) is 28.8 cm³/mol. The Kier molecular flexibility index (Phi) is 31.3. The molecule has 0 amide bonds. The van der Waals surface area contributed by atoms with Gasteiger partial charge in [0.2, 0.25) is 0 Å². The Morgan fingerprint density at radius 1 is 2.00 bits per heavy atom. The molecule has 38 valence electrons. The topological polar surface area (TPSA) is 20.2 Å². The van der Waals surface area contributed by atoms with E-state index in [0.29, 0.717) is 0 Å². The van der Waals surface area contributed by atoms with Crippen LogP contribution < -0.4 is 0 Å². The standard InChI is InChI=1S/C3H6.CH3ClO/c1-3-2;2-1-3/h3H,1H2,2H3;3H,1H2. The molecule has 0 aromatic rings. The van der Waals surface area contributed by atoms with E-state index >= 15 is 0 Å². The molecule has 0 aromatic heterocycles. The number of alkyl halides is 1. The number of hydrogen-bond donors (Lipinski definition) is 1. The van der Waals surface area contributed by atoms with Gasteiger partial charge in [0.1, 0.15) is 6.07 Å². The van der Waals surface area contributed by atoms with Crippen molar-refractivity contribution in [1.82, 2.24) is 0 Å². The Morgan fingerprint density at radius 2 is 2.00 bits per heavy atom. The van der Waals surface area contributed by atoms with Gasteiger partial charge in [-0.15, -0.1) is 6.58 Å². The largest absolute Gasteiger partial charge is 0.381 e. The first kappa shape index (κ1) is 9.37. The Labute approximate surface area is 43.2 Å². The van der Waals surface area contributed by atoms with Crippen LogP contribution in [-0.2, 0) is 0 Å². The van der Waals surface area contributed by atoms with E-state index in [-0.39, 0.29) is 6.07 Å². The Bertz CT molecular complexity index is 21.5. The van der Waals surface area contributed by atoms with E-state index in [4.69, 9.17) is 5.11 Å². The van der Waals surface area contributed by atoms with Crippen LogP contribution in [0.1, 0.15) is 6.92 Å². The minimum atomic E-state index is -0.278. The summed E-state index contributed by atoms with van der Waals surface area (Å²) in [5.74, 6) is 0. The predicted octanol–water partition coefficient (Wildman–Crippen LogP) is 1.37. The van der Waals surface area contributed by atoms with E-state index in [0.717, 1.165) is 0 Å². The third-order valence-electron chi connectivity index (χ3n) is 0. The summed E-state index contributed by atoms with van der Waals surface area (Å²) in [6, 6.07) is -0.278. The van der Waals surface area contributed by atoms with Crippen LogP contribution in [0, 0.1) is 0 Å². The third-order valence-corrected chi connectivity index (χ3v) is 0. The van der Waals surface area contributed by atoms with Gasteiger partial charge in [-0.05, 0) is 6.92 Å². The van der Waals surface area contributed by atoms with Gasteiger partial charge in [-0.3, -0.25) is 0 Å². The molecule has 0 saturated heterocycles. The van der Waals surface area contributed by atoms with Crippen LogP contribution in [0.25, 0.3) is 0 Å². The molecule has 1 N–H and O–H groups in total. The first-order valence-corrected chi connectivity index (χ1v) is 2.10. The fraction of sp³-hybridized carbons (Fsp3) is 0.500. The van der Waals surface area contributed by atoms with Crippen LogP contribution in [0.5, 0.6) is 0 Å². The number of aliphatic hydroxyl groups is 1. The van der Waals surface area contributed by atoms with E-state index < -0.39 is 0 Å². The molecule has 0 atom stereocenters. The van der Waals surface area contributed by atoms with Gasteiger partial charge in [-0.1, -0.05) is 17.7 Å². The molecule has 0 radical (unpaired) electrons. The Hall–Kier alpha value is -0.0100. The van der Waals surface area contributed by atoms with Crippen molar-refractivity contribution in [2.45, 2.75) is 6.92 Å². The maximum absolute atomic E-state index is 7.33. The molecule has 0 aliphatic rings. The second-order valence-electron chi connectivity index (χ2n) is 0.528. The number of aliphatic hydroxyl groups excluding tert-OH is 1. The second kappa shape index (κ2) is 20.1. The Morgan fingerprint density at radius 3 is 2.00 bits per heavy atom. The highest BCUT2D eigenvalue weighted by Crippen LogP contribution is 1.53. The minimum absolute atomic E-state index is 0.278. The zero-order chi connectivity index (χ0) is 5.41. The van der Waals surface area contributed by atoms with Crippen molar-refractivity contribution in [3.8, 4) is 0 Å². The summed E-state index contributed by atoms with van der Waals surface area (Å²) in [5, 5.41) is 7.33. The number of halogens is 1.